The van der Waals surface area contributed by atoms with Crippen molar-refractivity contribution in [1.29, 1.82) is 0 Å². The van der Waals surface area contributed by atoms with E-state index in [2.05, 4.69) is 5.32 Å². The van der Waals surface area contributed by atoms with Gasteiger partial charge in [0.15, 0.2) is 0 Å². The second-order valence-electron chi connectivity index (χ2n) is 10.1. The van der Waals surface area contributed by atoms with E-state index in [1.165, 1.54) is 23.1 Å². The van der Waals surface area contributed by atoms with Crippen LogP contribution in [0.1, 0.15) is 37.5 Å². The van der Waals surface area contributed by atoms with Crippen molar-refractivity contribution in [2.75, 3.05) is 17.4 Å². The zero-order valence-corrected chi connectivity index (χ0v) is 24.6. The Kier molecular flexibility index (Phi) is 10.2. The molecule has 0 bridgehead atoms. The Labute approximate surface area is 236 Å². The highest BCUT2D eigenvalue weighted by molar-refractivity contribution is 7.92. The molecular formula is C30H36ClN3O4S. The third-order valence-electron chi connectivity index (χ3n) is 6.27. The van der Waals surface area contributed by atoms with Crippen LogP contribution in [0.5, 0.6) is 0 Å². The highest BCUT2D eigenvalue weighted by Crippen LogP contribution is 2.27. The summed E-state index contributed by atoms with van der Waals surface area (Å²) in [4.78, 5) is 28.4. The maximum Gasteiger partial charge on any atom is 0.264 e. The summed E-state index contributed by atoms with van der Waals surface area (Å²) in [6, 6.07) is 19.6. The summed E-state index contributed by atoms with van der Waals surface area (Å²) in [6.07, 6.45) is 0. The van der Waals surface area contributed by atoms with Crippen molar-refractivity contribution >= 4 is 39.1 Å². The van der Waals surface area contributed by atoms with Gasteiger partial charge in [-0.15, -0.1) is 0 Å². The van der Waals surface area contributed by atoms with Gasteiger partial charge in [0, 0.05) is 18.1 Å². The van der Waals surface area contributed by atoms with Gasteiger partial charge >= 0.3 is 0 Å². The Hall–Kier alpha value is -3.36. The summed E-state index contributed by atoms with van der Waals surface area (Å²) in [6.45, 7) is 9.54. The fourth-order valence-electron chi connectivity index (χ4n) is 4.04. The molecule has 0 aliphatic carbocycles. The predicted molar refractivity (Wildman–Crippen MR) is 156 cm³/mol. The van der Waals surface area contributed by atoms with Gasteiger partial charge < -0.3 is 10.2 Å². The van der Waals surface area contributed by atoms with E-state index < -0.39 is 28.5 Å². The third-order valence-corrected chi connectivity index (χ3v) is 8.29. The lowest BCUT2D eigenvalue weighted by atomic mass is 10.1. The van der Waals surface area contributed by atoms with Crippen molar-refractivity contribution in [1.82, 2.24) is 10.2 Å². The van der Waals surface area contributed by atoms with Gasteiger partial charge in [-0.3, -0.25) is 13.9 Å². The van der Waals surface area contributed by atoms with E-state index in [4.69, 9.17) is 11.6 Å². The fourth-order valence-corrected chi connectivity index (χ4v) is 5.63. The molecular weight excluding hydrogens is 534 g/mol. The zero-order valence-electron chi connectivity index (χ0n) is 23.0. The molecule has 0 unspecified atom stereocenters. The Morgan fingerprint density at radius 2 is 1.56 bits per heavy atom. The Balaban J connectivity index is 2.01. The second kappa shape index (κ2) is 13.1. The molecule has 0 spiro atoms. The van der Waals surface area contributed by atoms with Crippen molar-refractivity contribution in [2.24, 2.45) is 5.92 Å². The first-order valence-electron chi connectivity index (χ1n) is 12.9. The number of carbonyl (C=O) groups is 2. The van der Waals surface area contributed by atoms with E-state index >= 15 is 0 Å². The maximum atomic E-state index is 13.9. The van der Waals surface area contributed by atoms with E-state index in [9.17, 15) is 18.0 Å². The van der Waals surface area contributed by atoms with Crippen molar-refractivity contribution in [2.45, 2.75) is 52.1 Å². The van der Waals surface area contributed by atoms with Crippen LogP contribution in [-0.2, 0) is 26.2 Å². The molecule has 0 fully saturated rings. The number of nitrogens with one attached hydrogen (secondary N) is 1. The first kappa shape index (κ1) is 30.2. The van der Waals surface area contributed by atoms with Crippen molar-refractivity contribution in [3.63, 3.8) is 0 Å². The van der Waals surface area contributed by atoms with Crippen LogP contribution >= 0.6 is 11.6 Å². The summed E-state index contributed by atoms with van der Waals surface area (Å²) in [5, 5.41) is 3.22. The van der Waals surface area contributed by atoms with E-state index in [0.29, 0.717) is 11.6 Å². The minimum absolute atomic E-state index is 0.0498. The first-order valence-corrected chi connectivity index (χ1v) is 14.7. The molecule has 0 aliphatic heterocycles. The van der Waals surface area contributed by atoms with Gasteiger partial charge in [-0.2, -0.15) is 0 Å². The van der Waals surface area contributed by atoms with Gasteiger partial charge in [-0.1, -0.05) is 79.0 Å². The van der Waals surface area contributed by atoms with E-state index in [-0.39, 0.29) is 29.0 Å². The summed E-state index contributed by atoms with van der Waals surface area (Å²) in [7, 11) is -4.14. The van der Waals surface area contributed by atoms with Crippen LogP contribution in [0.3, 0.4) is 0 Å². The van der Waals surface area contributed by atoms with E-state index in [1.54, 1.807) is 37.3 Å². The lowest BCUT2D eigenvalue weighted by Crippen LogP contribution is -2.51. The number of rotatable bonds is 11. The molecule has 2 amide bonds. The fraction of sp³-hybridized carbons (Fsp3) is 0.333. The molecule has 9 heteroatoms. The van der Waals surface area contributed by atoms with Crippen molar-refractivity contribution in [3.8, 4) is 0 Å². The average molecular weight is 570 g/mol. The standard InChI is InChI=1S/C30H36ClN3O4S/c1-21(2)18-32-30(36)24(5)33(19-25-9-6-8-23(4)16-25)29(35)20-34(27-11-7-10-26(31)17-27)39(37,38)28-14-12-22(3)13-15-28/h6-17,21,24H,18-20H2,1-5H3,(H,32,36)/t24-/m1/s1. The van der Waals surface area contributed by atoms with Gasteiger partial charge in [0.25, 0.3) is 10.0 Å². The third kappa shape index (κ3) is 8.07. The summed E-state index contributed by atoms with van der Waals surface area (Å²) in [5.74, 6) is -0.584. The minimum Gasteiger partial charge on any atom is -0.354 e. The Morgan fingerprint density at radius 3 is 2.18 bits per heavy atom. The molecule has 0 aromatic heterocycles. The van der Waals surface area contributed by atoms with E-state index in [0.717, 1.165) is 21.0 Å². The first-order chi connectivity index (χ1) is 18.4. The average Bonchev–Trinajstić information content (AvgIpc) is 2.88. The highest BCUT2D eigenvalue weighted by atomic mass is 35.5. The van der Waals surface area contributed by atoms with Gasteiger partial charge in [-0.25, -0.2) is 8.42 Å². The number of nitrogens with zero attached hydrogens (tertiary/aromatic N) is 2. The number of aryl methyl sites for hydroxylation is 2. The number of amides is 2. The molecule has 3 aromatic carbocycles. The molecule has 1 N–H and O–H groups in total. The number of sulfonamides is 1. The number of hydrogen-bond acceptors (Lipinski definition) is 4. The molecule has 0 heterocycles. The number of carbonyl (C=O) groups excluding carboxylic acids is 2. The molecule has 3 aromatic rings. The molecule has 0 saturated heterocycles. The number of anilines is 1. The van der Waals surface area contributed by atoms with Gasteiger partial charge in [0.1, 0.15) is 12.6 Å². The SMILES string of the molecule is Cc1ccc(S(=O)(=O)N(CC(=O)N(Cc2cccc(C)c2)[C@H](C)C(=O)NCC(C)C)c2cccc(Cl)c2)cc1. The summed E-state index contributed by atoms with van der Waals surface area (Å²) in [5.41, 5.74) is 3.01. The Morgan fingerprint density at radius 1 is 0.897 bits per heavy atom. The van der Waals surface area contributed by atoms with E-state index in [1.807, 2.05) is 52.0 Å². The van der Waals surface area contributed by atoms with Gasteiger partial charge in [0.05, 0.1) is 10.6 Å². The normalized spacial score (nSPS) is 12.2. The van der Waals surface area contributed by atoms with Crippen LogP contribution < -0.4 is 9.62 Å². The lowest BCUT2D eigenvalue weighted by molar-refractivity contribution is -0.139. The van der Waals surface area contributed by atoms with Crippen LogP contribution in [0.4, 0.5) is 5.69 Å². The quantitative estimate of drug-likeness (QED) is 0.338. The van der Waals surface area contributed by atoms with Crippen molar-refractivity contribution in [3.05, 3.63) is 94.5 Å². The molecule has 7 nitrogen and oxygen atoms in total. The molecule has 0 saturated carbocycles. The molecule has 1 atom stereocenters. The molecule has 39 heavy (non-hydrogen) atoms. The molecule has 0 aliphatic rings. The van der Waals surface area contributed by atoms with Gasteiger partial charge in [0.2, 0.25) is 11.8 Å². The van der Waals surface area contributed by atoms with Crippen LogP contribution in [0.2, 0.25) is 5.02 Å². The molecule has 3 rings (SSSR count). The largest absolute Gasteiger partial charge is 0.354 e. The number of benzene rings is 3. The lowest BCUT2D eigenvalue weighted by Gasteiger charge is -2.32. The van der Waals surface area contributed by atoms with Gasteiger partial charge in [-0.05, 0) is 62.6 Å². The second-order valence-corrected chi connectivity index (χ2v) is 12.4. The van der Waals surface area contributed by atoms with Crippen molar-refractivity contribution < 1.29 is 18.0 Å². The minimum atomic E-state index is -4.14. The maximum absolute atomic E-state index is 13.9. The van der Waals surface area contributed by atoms with Crippen LogP contribution in [0.25, 0.3) is 0 Å². The Bertz CT molecular complexity index is 1410. The highest BCUT2D eigenvalue weighted by Gasteiger charge is 2.32. The molecule has 0 radical (unpaired) electrons. The molecule has 208 valence electrons. The van der Waals surface area contributed by atoms with Crippen LogP contribution in [0.15, 0.2) is 77.7 Å². The van der Waals surface area contributed by atoms with Crippen LogP contribution in [-0.4, -0.2) is 44.3 Å². The summed E-state index contributed by atoms with van der Waals surface area (Å²) < 4.78 is 28.7. The summed E-state index contributed by atoms with van der Waals surface area (Å²) >= 11 is 6.21. The topological polar surface area (TPSA) is 86.8 Å². The zero-order chi connectivity index (χ0) is 28.7. The number of hydrogen-bond donors (Lipinski definition) is 1. The van der Waals surface area contributed by atoms with Crippen LogP contribution in [0, 0.1) is 19.8 Å². The monoisotopic (exact) mass is 569 g/mol. The number of halogens is 1. The smallest absolute Gasteiger partial charge is 0.264 e. The predicted octanol–water partition coefficient (Wildman–Crippen LogP) is 5.34.